The molecule has 0 rings (SSSR count). The van der Waals surface area contributed by atoms with E-state index in [-0.39, 0.29) is 5.97 Å². The molecule has 0 saturated heterocycles. The summed E-state index contributed by atoms with van der Waals surface area (Å²) in [7, 11) is 0. The molecule has 0 spiro atoms. The van der Waals surface area contributed by atoms with E-state index in [4.69, 9.17) is 4.74 Å². The largest absolute Gasteiger partial charge is 0.463 e. The number of ether oxygens (including phenoxy) is 1. The van der Waals surface area contributed by atoms with Gasteiger partial charge in [-0.15, -0.1) is 0 Å². The minimum Gasteiger partial charge on any atom is -0.463 e. The molecule has 2 heteroatoms. The van der Waals surface area contributed by atoms with Crippen molar-refractivity contribution in [3.8, 4) is 0 Å². The Hall–Kier alpha value is -0.790. The number of esters is 1. The fraction of sp³-hybridized carbons (Fsp3) is 0.812. The van der Waals surface area contributed by atoms with Gasteiger partial charge in [0.1, 0.15) is 0 Å². The molecule has 0 radical (unpaired) electrons. The summed E-state index contributed by atoms with van der Waals surface area (Å²) in [5.41, 5.74) is 0. The van der Waals surface area contributed by atoms with Crippen molar-refractivity contribution in [2.75, 3.05) is 6.61 Å². The van der Waals surface area contributed by atoms with Gasteiger partial charge in [0.05, 0.1) is 6.61 Å². The molecule has 0 bridgehead atoms. The zero-order valence-electron chi connectivity index (χ0n) is 12.4. The third-order valence-electron chi connectivity index (χ3n) is 2.92. The van der Waals surface area contributed by atoms with E-state index in [9.17, 15) is 4.79 Å². The third kappa shape index (κ3) is 13.3. The number of hydrogen-bond acceptors (Lipinski definition) is 2. The van der Waals surface area contributed by atoms with E-state index in [0.717, 1.165) is 12.8 Å². The molecule has 0 aliphatic carbocycles. The van der Waals surface area contributed by atoms with Crippen LogP contribution in [0.5, 0.6) is 0 Å². The van der Waals surface area contributed by atoms with Crippen molar-refractivity contribution in [2.24, 2.45) is 5.92 Å². The average Bonchev–Trinajstić information content (AvgIpc) is 2.32. The highest BCUT2D eigenvalue weighted by molar-refractivity contribution is 5.81. The number of hydrogen-bond donors (Lipinski definition) is 0. The van der Waals surface area contributed by atoms with Crippen molar-refractivity contribution in [1.82, 2.24) is 0 Å². The van der Waals surface area contributed by atoms with Crippen LogP contribution >= 0.6 is 0 Å². The van der Waals surface area contributed by atoms with Gasteiger partial charge < -0.3 is 4.74 Å². The molecule has 2 nitrogen and oxygen atoms in total. The molecule has 0 aromatic heterocycles. The Bertz CT molecular complexity index is 219. The monoisotopic (exact) mass is 254 g/mol. The van der Waals surface area contributed by atoms with Crippen LogP contribution in [0.25, 0.3) is 0 Å². The summed E-state index contributed by atoms with van der Waals surface area (Å²) in [6.45, 7) is 7.02. The molecule has 0 aromatic rings. The molecule has 18 heavy (non-hydrogen) atoms. The van der Waals surface area contributed by atoms with Crippen LogP contribution in [0, 0.1) is 5.92 Å². The summed E-state index contributed by atoms with van der Waals surface area (Å²) in [6, 6.07) is 0. The Labute approximate surface area is 113 Å². The van der Waals surface area contributed by atoms with Crippen molar-refractivity contribution >= 4 is 5.97 Å². The zero-order chi connectivity index (χ0) is 13.6. The van der Waals surface area contributed by atoms with E-state index in [1.54, 1.807) is 6.08 Å². The maximum Gasteiger partial charge on any atom is 0.330 e. The predicted molar refractivity (Wildman–Crippen MR) is 77.5 cm³/mol. The second-order valence-electron chi connectivity index (χ2n) is 5.31. The first kappa shape index (κ1) is 17.2. The van der Waals surface area contributed by atoms with Crippen molar-refractivity contribution in [1.29, 1.82) is 0 Å². The third-order valence-corrected chi connectivity index (χ3v) is 2.92. The predicted octanol–water partition coefficient (Wildman–Crippen LogP) is 4.88. The zero-order valence-corrected chi connectivity index (χ0v) is 12.4. The maximum atomic E-state index is 11.3. The standard InChI is InChI=1S/C16H30O2/c1-4-5-6-7-8-9-10-11-12-16(17)18-14-13-15(2)3/h11-12,15H,4-10,13-14H2,1-3H3. The normalized spacial score (nSPS) is 11.3. The summed E-state index contributed by atoms with van der Waals surface area (Å²) < 4.78 is 5.09. The highest BCUT2D eigenvalue weighted by Gasteiger charge is 1.98. The number of allylic oxidation sites excluding steroid dienone is 1. The number of carbonyl (C=O) groups excluding carboxylic acids is 1. The van der Waals surface area contributed by atoms with Crippen molar-refractivity contribution in [3.05, 3.63) is 12.2 Å². The summed E-state index contributed by atoms with van der Waals surface area (Å²) in [4.78, 5) is 11.3. The van der Waals surface area contributed by atoms with Crippen molar-refractivity contribution < 1.29 is 9.53 Å². The molecule has 0 aromatic carbocycles. The Morgan fingerprint density at radius 1 is 1.11 bits per heavy atom. The van der Waals surface area contributed by atoms with Crippen LogP contribution in [-0.2, 0) is 9.53 Å². The highest BCUT2D eigenvalue weighted by atomic mass is 16.5. The minimum atomic E-state index is -0.193. The second-order valence-corrected chi connectivity index (χ2v) is 5.31. The Morgan fingerprint density at radius 2 is 1.78 bits per heavy atom. The lowest BCUT2D eigenvalue weighted by atomic mass is 10.1. The number of unbranched alkanes of at least 4 members (excludes halogenated alkanes) is 6. The number of carbonyl (C=O) groups is 1. The van der Waals surface area contributed by atoms with Gasteiger partial charge in [-0.3, -0.25) is 0 Å². The van der Waals surface area contributed by atoms with Gasteiger partial charge in [0.15, 0.2) is 0 Å². The Morgan fingerprint density at radius 3 is 2.44 bits per heavy atom. The summed E-state index contributed by atoms with van der Waals surface area (Å²) >= 11 is 0. The molecular formula is C16H30O2. The molecule has 0 N–H and O–H groups in total. The minimum absolute atomic E-state index is 0.193. The summed E-state index contributed by atoms with van der Waals surface area (Å²) in [5, 5.41) is 0. The van der Waals surface area contributed by atoms with Crippen LogP contribution in [-0.4, -0.2) is 12.6 Å². The summed E-state index contributed by atoms with van der Waals surface area (Å²) in [5.74, 6) is 0.395. The molecule has 0 aliphatic heterocycles. The van der Waals surface area contributed by atoms with Crippen LogP contribution in [0.1, 0.15) is 72.1 Å². The SMILES string of the molecule is CCCCCCCCC=CC(=O)OCCC(C)C. The molecule has 106 valence electrons. The molecule has 0 unspecified atom stereocenters. The van der Waals surface area contributed by atoms with Crippen molar-refractivity contribution in [2.45, 2.75) is 72.1 Å². The first-order chi connectivity index (χ1) is 8.66. The van der Waals surface area contributed by atoms with E-state index in [2.05, 4.69) is 20.8 Å². The fourth-order valence-corrected chi connectivity index (χ4v) is 1.67. The van der Waals surface area contributed by atoms with Gasteiger partial charge in [-0.05, 0) is 25.2 Å². The summed E-state index contributed by atoms with van der Waals surface area (Å²) in [6.07, 6.45) is 13.2. The van der Waals surface area contributed by atoms with Crippen LogP contribution in [0.15, 0.2) is 12.2 Å². The molecule has 0 atom stereocenters. The lowest BCUT2D eigenvalue weighted by Crippen LogP contribution is -2.04. The van der Waals surface area contributed by atoms with Gasteiger partial charge in [-0.2, -0.15) is 0 Å². The van der Waals surface area contributed by atoms with Gasteiger partial charge in [0, 0.05) is 6.08 Å². The van der Waals surface area contributed by atoms with E-state index < -0.39 is 0 Å². The van der Waals surface area contributed by atoms with Gasteiger partial charge in [-0.1, -0.05) is 59.0 Å². The lowest BCUT2D eigenvalue weighted by molar-refractivity contribution is -0.138. The molecule has 0 amide bonds. The second kappa shape index (κ2) is 12.7. The van der Waals surface area contributed by atoms with Crippen molar-refractivity contribution in [3.63, 3.8) is 0 Å². The highest BCUT2D eigenvalue weighted by Crippen LogP contribution is 2.07. The van der Waals surface area contributed by atoms with Gasteiger partial charge in [0.25, 0.3) is 0 Å². The Balaban J connectivity index is 3.32. The van der Waals surface area contributed by atoms with Crippen LogP contribution in [0.3, 0.4) is 0 Å². The lowest BCUT2D eigenvalue weighted by Gasteiger charge is -2.04. The smallest absolute Gasteiger partial charge is 0.330 e. The first-order valence-corrected chi connectivity index (χ1v) is 7.50. The molecular weight excluding hydrogens is 224 g/mol. The van der Waals surface area contributed by atoms with Gasteiger partial charge in [-0.25, -0.2) is 4.79 Å². The molecule has 0 aliphatic rings. The maximum absolute atomic E-state index is 11.3. The van der Waals surface area contributed by atoms with E-state index in [0.29, 0.717) is 12.5 Å². The molecule has 0 heterocycles. The fourth-order valence-electron chi connectivity index (χ4n) is 1.67. The van der Waals surface area contributed by atoms with Crippen LogP contribution in [0.4, 0.5) is 0 Å². The first-order valence-electron chi connectivity index (χ1n) is 7.50. The van der Waals surface area contributed by atoms with E-state index >= 15 is 0 Å². The molecule has 0 fully saturated rings. The van der Waals surface area contributed by atoms with Gasteiger partial charge >= 0.3 is 5.97 Å². The average molecular weight is 254 g/mol. The topological polar surface area (TPSA) is 26.3 Å². The van der Waals surface area contributed by atoms with E-state index in [1.807, 2.05) is 6.08 Å². The van der Waals surface area contributed by atoms with Gasteiger partial charge in [0.2, 0.25) is 0 Å². The van der Waals surface area contributed by atoms with Crippen LogP contribution in [0.2, 0.25) is 0 Å². The molecule has 0 saturated carbocycles. The Kier molecular flexibility index (Phi) is 12.1. The quantitative estimate of drug-likeness (QED) is 0.298. The number of rotatable bonds is 11. The van der Waals surface area contributed by atoms with E-state index in [1.165, 1.54) is 38.5 Å². The van der Waals surface area contributed by atoms with Crippen LogP contribution < -0.4 is 0 Å².